The third-order valence-electron chi connectivity index (χ3n) is 3.75. The number of hydrogen-bond acceptors (Lipinski definition) is 5. The van der Waals surface area contributed by atoms with Gasteiger partial charge < -0.3 is 9.84 Å². The summed E-state index contributed by atoms with van der Waals surface area (Å²) < 4.78 is 32.3. The summed E-state index contributed by atoms with van der Waals surface area (Å²) in [6.07, 6.45) is 0.867. The van der Waals surface area contributed by atoms with Gasteiger partial charge in [0.25, 0.3) is 10.0 Å². The van der Waals surface area contributed by atoms with Crippen LogP contribution in [0.15, 0.2) is 33.7 Å². The Hall–Kier alpha value is -2.55. The molecule has 1 aromatic heterocycles. The number of rotatable bonds is 4. The second-order valence-electron chi connectivity index (χ2n) is 5.54. The van der Waals surface area contributed by atoms with E-state index < -0.39 is 10.0 Å². The average molecular weight is 350 g/mol. The normalized spacial score (nSPS) is 15.2. The monoisotopic (exact) mass is 350 g/mol. The molecule has 2 N–H and O–H groups in total. The highest BCUT2D eigenvalue weighted by atomic mass is 32.2. The molecule has 1 aliphatic heterocycles. The summed E-state index contributed by atoms with van der Waals surface area (Å²) in [6.45, 7) is 4.43. The number of aromatic nitrogens is 1. The number of anilines is 2. The van der Waals surface area contributed by atoms with E-state index in [2.05, 4.69) is 15.2 Å². The van der Waals surface area contributed by atoms with Gasteiger partial charge in [-0.25, -0.2) is 13.2 Å². The van der Waals surface area contributed by atoms with Crippen molar-refractivity contribution in [2.45, 2.75) is 25.2 Å². The van der Waals surface area contributed by atoms with Crippen molar-refractivity contribution in [3.8, 4) is 0 Å². The predicted molar refractivity (Wildman–Crippen MR) is 88.6 cm³/mol. The lowest BCUT2D eigenvalue weighted by atomic mass is 10.2. The molecule has 0 aliphatic carbocycles. The SMILES string of the molecule is Cc1noc(C)c1S(=O)(=O)Nc1ccc(N2CCCNC2=O)cc1. The van der Waals surface area contributed by atoms with Gasteiger partial charge in [0.2, 0.25) is 0 Å². The molecule has 0 spiro atoms. The first kappa shape index (κ1) is 16.3. The molecule has 24 heavy (non-hydrogen) atoms. The summed E-state index contributed by atoms with van der Waals surface area (Å²) in [4.78, 5) is 13.5. The average Bonchev–Trinajstić information content (AvgIpc) is 2.88. The fourth-order valence-electron chi connectivity index (χ4n) is 2.65. The Morgan fingerprint density at radius 1 is 1.25 bits per heavy atom. The van der Waals surface area contributed by atoms with Gasteiger partial charge >= 0.3 is 6.03 Å². The number of benzene rings is 1. The van der Waals surface area contributed by atoms with Gasteiger partial charge in [-0.05, 0) is 44.5 Å². The van der Waals surface area contributed by atoms with Crippen LogP contribution in [0.1, 0.15) is 17.9 Å². The number of hydrogen-bond donors (Lipinski definition) is 2. The van der Waals surface area contributed by atoms with Crippen molar-refractivity contribution in [1.82, 2.24) is 10.5 Å². The number of nitrogens with zero attached hydrogens (tertiary/aromatic N) is 2. The minimum absolute atomic E-state index is 0.0435. The van der Waals surface area contributed by atoms with E-state index in [4.69, 9.17) is 4.52 Å². The molecule has 1 saturated heterocycles. The fraction of sp³-hybridized carbons (Fsp3) is 0.333. The molecule has 1 fully saturated rings. The van der Waals surface area contributed by atoms with Crippen molar-refractivity contribution >= 4 is 27.4 Å². The lowest BCUT2D eigenvalue weighted by Crippen LogP contribution is -2.46. The summed E-state index contributed by atoms with van der Waals surface area (Å²) >= 11 is 0. The van der Waals surface area contributed by atoms with E-state index in [1.54, 1.807) is 43.0 Å². The molecule has 2 aromatic rings. The van der Waals surface area contributed by atoms with Crippen LogP contribution in [0, 0.1) is 13.8 Å². The van der Waals surface area contributed by atoms with Crippen LogP contribution in [0.3, 0.4) is 0 Å². The molecular formula is C15H18N4O4S. The lowest BCUT2D eigenvalue weighted by molar-refractivity contribution is 0.243. The second kappa shape index (κ2) is 6.16. The summed E-state index contributed by atoms with van der Waals surface area (Å²) in [6, 6.07) is 6.50. The number of urea groups is 1. The van der Waals surface area contributed by atoms with Crippen molar-refractivity contribution in [3.05, 3.63) is 35.7 Å². The van der Waals surface area contributed by atoms with Crippen LogP contribution >= 0.6 is 0 Å². The molecule has 0 unspecified atom stereocenters. The van der Waals surface area contributed by atoms with Gasteiger partial charge in [-0.2, -0.15) is 0 Å². The number of aryl methyl sites for hydroxylation is 2. The van der Waals surface area contributed by atoms with Gasteiger partial charge in [-0.1, -0.05) is 5.16 Å². The minimum atomic E-state index is -3.78. The Bertz CT molecular complexity index is 839. The topological polar surface area (TPSA) is 105 Å². The van der Waals surface area contributed by atoms with Gasteiger partial charge in [0.05, 0.1) is 0 Å². The maximum Gasteiger partial charge on any atom is 0.321 e. The molecule has 0 bridgehead atoms. The highest BCUT2D eigenvalue weighted by Crippen LogP contribution is 2.24. The van der Waals surface area contributed by atoms with Crippen molar-refractivity contribution in [3.63, 3.8) is 0 Å². The quantitative estimate of drug-likeness (QED) is 0.878. The Morgan fingerprint density at radius 3 is 2.54 bits per heavy atom. The van der Waals surface area contributed by atoms with Crippen molar-refractivity contribution in [1.29, 1.82) is 0 Å². The standard InChI is InChI=1S/C15H18N4O4S/c1-10-14(11(2)23-17-10)24(21,22)18-12-4-6-13(7-5-12)19-9-3-8-16-15(19)20/h4-7,18H,3,8-9H2,1-2H3,(H,16,20). The Labute approximate surface area is 139 Å². The first-order valence-corrected chi connectivity index (χ1v) is 8.98. The number of amides is 2. The van der Waals surface area contributed by atoms with E-state index in [0.717, 1.165) is 6.42 Å². The Morgan fingerprint density at radius 2 is 1.96 bits per heavy atom. The minimum Gasteiger partial charge on any atom is -0.360 e. The first-order chi connectivity index (χ1) is 11.4. The number of sulfonamides is 1. The van der Waals surface area contributed by atoms with Crippen LogP contribution in [0.5, 0.6) is 0 Å². The molecule has 3 rings (SSSR count). The lowest BCUT2D eigenvalue weighted by Gasteiger charge is -2.27. The van der Waals surface area contributed by atoms with Crippen LogP contribution in [0.2, 0.25) is 0 Å². The summed E-state index contributed by atoms with van der Waals surface area (Å²) in [5.74, 6) is 0.238. The van der Waals surface area contributed by atoms with Gasteiger partial charge in [-0.3, -0.25) is 9.62 Å². The zero-order valence-electron chi connectivity index (χ0n) is 13.4. The van der Waals surface area contributed by atoms with Crippen LogP contribution in [-0.4, -0.2) is 32.7 Å². The van der Waals surface area contributed by atoms with Crippen LogP contribution in [-0.2, 0) is 10.0 Å². The van der Waals surface area contributed by atoms with Crippen LogP contribution < -0.4 is 14.9 Å². The van der Waals surface area contributed by atoms with E-state index in [-0.39, 0.29) is 16.7 Å². The third-order valence-corrected chi connectivity index (χ3v) is 5.37. The van der Waals surface area contributed by atoms with Crippen LogP contribution in [0.4, 0.5) is 16.2 Å². The van der Waals surface area contributed by atoms with E-state index in [0.29, 0.717) is 30.2 Å². The molecule has 128 valence electrons. The molecule has 0 radical (unpaired) electrons. The second-order valence-corrected chi connectivity index (χ2v) is 7.16. The molecule has 0 atom stereocenters. The number of carbonyl (C=O) groups excluding carboxylic acids is 1. The molecule has 1 aliphatic rings. The maximum atomic E-state index is 12.5. The predicted octanol–water partition coefficient (Wildman–Crippen LogP) is 2.01. The summed E-state index contributed by atoms with van der Waals surface area (Å²) in [7, 11) is -3.78. The van der Waals surface area contributed by atoms with Crippen molar-refractivity contribution in [2.24, 2.45) is 0 Å². The number of nitrogens with one attached hydrogen (secondary N) is 2. The molecule has 2 amide bonds. The Kier molecular flexibility index (Phi) is 4.18. The van der Waals surface area contributed by atoms with Gasteiger partial charge in [0, 0.05) is 24.5 Å². The molecule has 9 heteroatoms. The number of carbonyl (C=O) groups is 1. The fourth-order valence-corrected chi connectivity index (χ4v) is 4.04. The molecule has 1 aromatic carbocycles. The Balaban J connectivity index is 1.80. The van der Waals surface area contributed by atoms with Crippen LogP contribution in [0.25, 0.3) is 0 Å². The highest BCUT2D eigenvalue weighted by Gasteiger charge is 2.24. The van der Waals surface area contributed by atoms with E-state index in [9.17, 15) is 13.2 Å². The van der Waals surface area contributed by atoms with Gasteiger partial charge in [0.15, 0.2) is 10.7 Å². The molecule has 2 heterocycles. The van der Waals surface area contributed by atoms with E-state index in [1.807, 2.05) is 0 Å². The maximum absolute atomic E-state index is 12.5. The first-order valence-electron chi connectivity index (χ1n) is 7.49. The zero-order valence-corrected chi connectivity index (χ0v) is 14.2. The van der Waals surface area contributed by atoms with E-state index >= 15 is 0 Å². The smallest absolute Gasteiger partial charge is 0.321 e. The summed E-state index contributed by atoms with van der Waals surface area (Å²) in [5, 5.41) is 6.43. The zero-order chi connectivity index (χ0) is 17.3. The molecule has 0 saturated carbocycles. The van der Waals surface area contributed by atoms with Crippen molar-refractivity contribution in [2.75, 3.05) is 22.7 Å². The largest absolute Gasteiger partial charge is 0.360 e. The summed E-state index contributed by atoms with van der Waals surface area (Å²) in [5.41, 5.74) is 1.42. The highest BCUT2D eigenvalue weighted by molar-refractivity contribution is 7.92. The van der Waals surface area contributed by atoms with E-state index in [1.165, 1.54) is 0 Å². The van der Waals surface area contributed by atoms with Gasteiger partial charge in [-0.15, -0.1) is 0 Å². The molecule has 8 nitrogen and oxygen atoms in total. The van der Waals surface area contributed by atoms with Crippen molar-refractivity contribution < 1.29 is 17.7 Å². The van der Waals surface area contributed by atoms with Gasteiger partial charge in [0.1, 0.15) is 5.69 Å². The molecular weight excluding hydrogens is 332 g/mol. The third kappa shape index (κ3) is 3.07.